The molecule has 0 aromatic heterocycles. The van der Waals surface area contributed by atoms with Crippen molar-refractivity contribution in [3.8, 4) is 0 Å². The first kappa shape index (κ1) is 11.3. The van der Waals surface area contributed by atoms with Gasteiger partial charge in [-0.25, -0.2) is 0 Å². The van der Waals surface area contributed by atoms with Crippen molar-refractivity contribution in [1.82, 2.24) is 0 Å². The number of aliphatic hydroxyl groups excluding tert-OH is 1. The Bertz CT molecular complexity index is 226. The van der Waals surface area contributed by atoms with Gasteiger partial charge in [-0.2, -0.15) is 0 Å². The van der Waals surface area contributed by atoms with Crippen molar-refractivity contribution in [3.05, 3.63) is 10.4 Å². The highest BCUT2D eigenvalue weighted by Crippen LogP contribution is 2.38. The molecule has 0 heterocycles. The summed E-state index contributed by atoms with van der Waals surface area (Å²) in [4.78, 5) is 2.81. The summed E-state index contributed by atoms with van der Waals surface area (Å²) in [6.07, 6.45) is 3.78. The van der Waals surface area contributed by atoms with E-state index >= 15 is 0 Å². The van der Waals surface area contributed by atoms with Crippen LogP contribution in [0.3, 0.4) is 0 Å². The predicted octanol–water partition coefficient (Wildman–Crippen LogP) is 2.87. The smallest absolute Gasteiger partial charge is 0.0540 e. The topological polar surface area (TPSA) is 69.0 Å². The molecule has 0 radical (unpaired) electrons. The average molecular weight is 197 g/mol. The van der Waals surface area contributed by atoms with Crippen molar-refractivity contribution < 1.29 is 5.11 Å². The molecule has 1 aliphatic carbocycles. The highest BCUT2D eigenvalue weighted by Gasteiger charge is 2.31. The lowest BCUT2D eigenvalue weighted by Gasteiger charge is -2.37. The maximum atomic E-state index is 9.39. The second kappa shape index (κ2) is 4.67. The summed E-state index contributed by atoms with van der Waals surface area (Å²) in [7, 11) is 0. The predicted molar refractivity (Wildman–Crippen MR) is 55.8 cm³/mol. The third-order valence-corrected chi connectivity index (χ3v) is 3.34. The Hall–Kier alpha value is -0.730. The summed E-state index contributed by atoms with van der Waals surface area (Å²) in [6.45, 7) is 4.85. The van der Waals surface area contributed by atoms with Crippen LogP contribution in [-0.2, 0) is 0 Å². The van der Waals surface area contributed by atoms with Crippen molar-refractivity contribution in [3.63, 3.8) is 0 Å². The lowest BCUT2D eigenvalue weighted by molar-refractivity contribution is 0.0688. The van der Waals surface area contributed by atoms with Crippen LogP contribution < -0.4 is 0 Å². The zero-order valence-electron chi connectivity index (χ0n) is 8.98. The van der Waals surface area contributed by atoms with Crippen LogP contribution in [0.4, 0.5) is 0 Å². The van der Waals surface area contributed by atoms with E-state index in [1.807, 2.05) is 0 Å². The molecule has 80 valence electrons. The quantitative estimate of drug-likeness (QED) is 0.422. The van der Waals surface area contributed by atoms with E-state index < -0.39 is 0 Å². The molecule has 0 spiro atoms. The molecule has 4 heteroatoms. The van der Waals surface area contributed by atoms with Gasteiger partial charge in [-0.15, -0.1) is 0 Å². The first-order valence-electron chi connectivity index (χ1n) is 5.25. The number of nitrogens with zero attached hydrogens (tertiary/aromatic N) is 3. The van der Waals surface area contributed by atoms with E-state index in [1.165, 1.54) is 0 Å². The van der Waals surface area contributed by atoms with Crippen molar-refractivity contribution in [1.29, 1.82) is 0 Å². The van der Waals surface area contributed by atoms with E-state index in [-0.39, 0.29) is 11.5 Å². The third-order valence-electron chi connectivity index (χ3n) is 3.34. The van der Waals surface area contributed by atoms with Gasteiger partial charge in [-0.05, 0) is 42.5 Å². The second-order valence-electron chi connectivity index (χ2n) is 4.88. The van der Waals surface area contributed by atoms with Crippen LogP contribution in [0.25, 0.3) is 10.4 Å². The van der Waals surface area contributed by atoms with Crippen LogP contribution >= 0.6 is 0 Å². The third kappa shape index (κ3) is 2.89. The highest BCUT2D eigenvalue weighted by atomic mass is 16.3. The normalized spacial score (nSPS) is 28.2. The van der Waals surface area contributed by atoms with Crippen molar-refractivity contribution in [2.75, 3.05) is 6.54 Å². The molecule has 14 heavy (non-hydrogen) atoms. The Morgan fingerprint density at radius 1 is 1.36 bits per heavy atom. The summed E-state index contributed by atoms with van der Waals surface area (Å²) in [5, 5.41) is 13.0. The van der Waals surface area contributed by atoms with Crippen LogP contribution in [0.15, 0.2) is 5.11 Å². The largest absolute Gasteiger partial charge is 0.393 e. The van der Waals surface area contributed by atoms with Gasteiger partial charge in [0.05, 0.1) is 6.10 Å². The maximum absolute atomic E-state index is 9.39. The summed E-state index contributed by atoms with van der Waals surface area (Å²) >= 11 is 0. The molecule has 1 aliphatic rings. The molecule has 1 N–H and O–H groups in total. The molecular formula is C10H19N3O. The number of hydrogen-bond acceptors (Lipinski definition) is 2. The van der Waals surface area contributed by atoms with E-state index in [4.69, 9.17) is 5.53 Å². The van der Waals surface area contributed by atoms with Crippen LogP contribution in [0.1, 0.15) is 39.5 Å². The molecule has 1 fully saturated rings. The fourth-order valence-corrected chi connectivity index (χ4v) is 2.20. The molecule has 0 bridgehead atoms. The Labute approximate surface area is 84.9 Å². The van der Waals surface area contributed by atoms with Crippen LogP contribution in [-0.4, -0.2) is 17.8 Å². The molecule has 4 nitrogen and oxygen atoms in total. The molecule has 0 aliphatic heterocycles. The lowest BCUT2D eigenvalue weighted by Crippen LogP contribution is -2.32. The SMILES string of the molecule is CC(C)(CN=[N+]=[N-])C1CCC(O)CC1. The number of hydrogen-bond donors (Lipinski definition) is 1. The van der Waals surface area contributed by atoms with E-state index in [9.17, 15) is 5.11 Å². The van der Waals surface area contributed by atoms with Gasteiger partial charge in [0.15, 0.2) is 0 Å². The minimum Gasteiger partial charge on any atom is -0.393 e. The summed E-state index contributed by atoms with van der Waals surface area (Å²) < 4.78 is 0. The number of rotatable bonds is 3. The zero-order chi connectivity index (χ0) is 10.6. The van der Waals surface area contributed by atoms with Crippen LogP contribution in [0, 0.1) is 11.3 Å². The summed E-state index contributed by atoms with van der Waals surface area (Å²) in [5.41, 5.74) is 8.36. The molecule has 0 unspecified atom stereocenters. The van der Waals surface area contributed by atoms with Gasteiger partial charge in [0, 0.05) is 11.5 Å². The first-order chi connectivity index (χ1) is 6.56. The fraction of sp³-hybridized carbons (Fsp3) is 1.00. The monoisotopic (exact) mass is 197 g/mol. The minimum absolute atomic E-state index is 0.0758. The number of azide groups is 1. The average Bonchev–Trinajstić information content (AvgIpc) is 2.16. The molecule has 1 saturated carbocycles. The fourth-order valence-electron chi connectivity index (χ4n) is 2.20. The molecule has 0 aromatic carbocycles. The van der Waals surface area contributed by atoms with Gasteiger partial charge in [-0.3, -0.25) is 0 Å². The standard InChI is InChI=1S/C10H19N3O/c1-10(2,7-12-13-11)8-3-5-9(14)6-4-8/h8-9,14H,3-7H2,1-2H3. The van der Waals surface area contributed by atoms with Gasteiger partial charge < -0.3 is 5.11 Å². The Balaban J connectivity index is 2.50. The van der Waals surface area contributed by atoms with Gasteiger partial charge in [0.1, 0.15) is 0 Å². The minimum atomic E-state index is -0.110. The molecule has 1 rings (SSSR count). The van der Waals surface area contributed by atoms with E-state index in [1.54, 1.807) is 0 Å². The van der Waals surface area contributed by atoms with E-state index in [0.29, 0.717) is 12.5 Å². The molecule has 0 aromatic rings. The lowest BCUT2D eigenvalue weighted by atomic mass is 9.70. The van der Waals surface area contributed by atoms with Gasteiger partial charge in [0.25, 0.3) is 0 Å². The van der Waals surface area contributed by atoms with Gasteiger partial charge >= 0.3 is 0 Å². The van der Waals surface area contributed by atoms with Gasteiger partial charge in [0.2, 0.25) is 0 Å². The van der Waals surface area contributed by atoms with E-state index in [2.05, 4.69) is 23.9 Å². The zero-order valence-corrected chi connectivity index (χ0v) is 8.98. The highest BCUT2D eigenvalue weighted by molar-refractivity contribution is 4.84. The maximum Gasteiger partial charge on any atom is 0.0540 e. The molecule has 0 amide bonds. The van der Waals surface area contributed by atoms with Crippen molar-refractivity contribution in [2.24, 2.45) is 16.4 Å². The van der Waals surface area contributed by atoms with Gasteiger partial charge in [-0.1, -0.05) is 19.0 Å². The molecular weight excluding hydrogens is 178 g/mol. The Morgan fingerprint density at radius 3 is 2.43 bits per heavy atom. The Kier molecular flexibility index (Phi) is 3.78. The number of aliphatic hydroxyl groups is 1. The summed E-state index contributed by atoms with van der Waals surface area (Å²) in [6, 6.07) is 0. The summed E-state index contributed by atoms with van der Waals surface area (Å²) in [5.74, 6) is 0.580. The second-order valence-corrected chi connectivity index (χ2v) is 4.88. The van der Waals surface area contributed by atoms with Crippen LogP contribution in [0.2, 0.25) is 0 Å². The van der Waals surface area contributed by atoms with Crippen molar-refractivity contribution in [2.45, 2.75) is 45.6 Å². The van der Waals surface area contributed by atoms with Crippen molar-refractivity contribution >= 4 is 0 Å². The Morgan fingerprint density at radius 2 is 1.93 bits per heavy atom. The molecule has 0 saturated heterocycles. The first-order valence-corrected chi connectivity index (χ1v) is 5.25. The van der Waals surface area contributed by atoms with Crippen LogP contribution in [0.5, 0.6) is 0 Å². The van der Waals surface area contributed by atoms with E-state index in [0.717, 1.165) is 25.7 Å². The molecule has 0 atom stereocenters.